The fourth-order valence-corrected chi connectivity index (χ4v) is 11.3. The third-order valence-electron chi connectivity index (χ3n) is 15.8. The van der Waals surface area contributed by atoms with Gasteiger partial charge in [0.05, 0.1) is 34.6 Å². The molecule has 6 N–H and O–H groups in total. The smallest absolute Gasteiger partial charge is 0.377 e. The molecule has 0 spiro atoms. The number of aromatic nitrogens is 4. The van der Waals surface area contributed by atoms with Gasteiger partial charge in [0.2, 0.25) is 5.78 Å². The van der Waals surface area contributed by atoms with Gasteiger partial charge in [-0.2, -0.15) is 10.2 Å². The number of ether oxygens (including phenoxy) is 4. The number of carbonyl (C=O) groups excluding carboxylic acids is 3. The molecule has 1 amide bonds. The normalized spacial score (nSPS) is 16.0. The van der Waals surface area contributed by atoms with Gasteiger partial charge in [-0.05, 0) is 135 Å². The van der Waals surface area contributed by atoms with Crippen molar-refractivity contribution in [2.24, 2.45) is 19.8 Å². The van der Waals surface area contributed by atoms with Gasteiger partial charge in [0.1, 0.15) is 32.5 Å². The largest absolute Gasteiger partial charge is 0.486 e. The number of aryl methyl sites for hydroxylation is 4. The average molecular weight is 1180 g/mol. The van der Waals surface area contributed by atoms with Crippen LogP contribution in [0, 0.1) is 25.5 Å². The van der Waals surface area contributed by atoms with Gasteiger partial charge in [0.25, 0.3) is 11.7 Å². The fraction of sp³-hybridized carbons (Fsp3) is 0.354. The Balaban J connectivity index is 0.000000169. The van der Waals surface area contributed by atoms with E-state index in [4.69, 9.17) is 29.8 Å². The summed E-state index contributed by atoms with van der Waals surface area (Å²) in [5.74, 6) is -4.41. The molecule has 0 unspecified atom stereocenters. The highest BCUT2D eigenvalue weighted by Gasteiger charge is 2.32. The molecule has 452 valence electrons. The van der Waals surface area contributed by atoms with E-state index in [1.807, 2.05) is 73.7 Å². The van der Waals surface area contributed by atoms with Crippen LogP contribution in [0.15, 0.2) is 109 Å². The van der Waals surface area contributed by atoms with Crippen molar-refractivity contribution in [2.45, 2.75) is 71.2 Å². The standard InChI is InChI=1S/C32H33FN4O5.C17H14N2O3.C15H21FN2O3.CH4/c1-19-24-10-9-22(16-27(24)36(2)35-19)20-5-7-21(8-6-20)30(39)32(40)34-26(18-37-11-3-4-12-37)29(38)23-15-25(33)31-28(17-23)41-13-14-42-31;1-10-14-8-7-13(9-15(14)19(2)18-10)11-3-5-12(6-4-11)16(20)17(21)22;16-11-7-10(8-13-15(11)21-6-5-20-13)14(19)12(17)9-18-3-1-2-4-18;/h5-10,15-17,26,29,38H,3-4,11-14,18H2,1-2H3,(H,34,40);3-9H,1-2H3,(H,21,22);7-8,12,14,19H,1-6,9,17H2;1H4/t26-,29-;;12-,14-;/m1.1./s1. The highest BCUT2D eigenvalue weighted by Crippen LogP contribution is 2.38. The minimum Gasteiger partial charge on any atom is -0.486 e. The summed E-state index contributed by atoms with van der Waals surface area (Å²) in [5, 5.41) is 44.1. The first kappa shape index (κ1) is 61.9. The number of Topliss-reactive ketones (excluding diaryl/α,β-unsaturated/α-hetero) is 2. The molecule has 6 heterocycles. The topological polar surface area (TPSA) is 246 Å². The van der Waals surface area contributed by atoms with E-state index in [1.54, 1.807) is 42.5 Å². The number of carboxylic acid groups (broad SMARTS) is 1. The van der Waals surface area contributed by atoms with Gasteiger partial charge in [-0.15, -0.1) is 0 Å². The zero-order valence-electron chi connectivity index (χ0n) is 47.7. The van der Waals surface area contributed by atoms with Crippen molar-refractivity contribution in [3.8, 4) is 45.3 Å². The number of aliphatic carboxylic acids is 1. The van der Waals surface area contributed by atoms with Gasteiger partial charge in [0, 0.05) is 55.1 Å². The summed E-state index contributed by atoms with van der Waals surface area (Å²) < 4.78 is 53.9. The first-order valence-corrected chi connectivity index (χ1v) is 28.4. The molecule has 6 aromatic carbocycles. The maximum absolute atomic E-state index is 14.8. The Morgan fingerprint density at radius 2 is 0.977 bits per heavy atom. The lowest BCUT2D eigenvalue weighted by Gasteiger charge is -2.29. The van der Waals surface area contributed by atoms with Crippen molar-refractivity contribution >= 4 is 45.2 Å². The van der Waals surface area contributed by atoms with E-state index in [0.717, 1.165) is 94.5 Å². The number of fused-ring (bicyclic) bond motifs is 4. The van der Waals surface area contributed by atoms with Crippen LogP contribution in [0.3, 0.4) is 0 Å². The van der Waals surface area contributed by atoms with Crippen LogP contribution >= 0.6 is 0 Å². The van der Waals surface area contributed by atoms with Gasteiger partial charge in [-0.25, -0.2) is 13.6 Å². The van der Waals surface area contributed by atoms with Crippen molar-refractivity contribution < 1.29 is 62.2 Å². The number of halogens is 2. The zero-order valence-corrected chi connectivity index (χ0v) is 47.7. The second-order valence-electron chi connectivity index (χ2n) is 21.7. The molecule has 19 nitrogen and oxygen atoms in total. The first-order chi connectivity index (χ1) is 40.9. The lowest BCUT2D eigenvalue weighted by Crippen LogP contribution is -2.48. The number of aliphatic hydroxyl groups excluding tert-OH is 2. The Morgan fingerprint density at radius 3 is 1.43 bits per heavy atom. The van der Waals surface area contributed by atoms with E-state index in [-0.39, 0.29) is 54.6 Å². The Kier molecular flexibility index (Phi) is 19.6. The predicted molar refractivity (Wildman–Crippen MR) is 321 cm³/mol. The minimum atomic E-state index is -1.44. The summed E-state index contributed by atoms with van der Waals surface area (Å²) in [6.07, 6.45) is 2.15. The highest BCUT2D eigenvalue weighted by molar-refractivity contribution is 6.43. The number of ketones is 2. The molecule has 2 aromatic heterocycles. The van der Waals surface area contributed by atoms with Crippen LogP contribution in [0.1, 0.15) is 88.5 Å². The second-order valence-corrected chi connectivity index (χ2v) is 21.7. The Bertz CT molecular complexity index is 3760. The molecule has 2 saturated heterocycles. The Morgan fingerprint density at radius 1 is 0.570 bits per heavy atom. The van der Waals surface area contributed by atoms with Gasteiger partial charge in [-0.3, -0.25) is 23.7 Å². The Labute approximate surface area is 496 Å². The van der Waals surface area contributed by atoms with Crippen LogP contribution in [-0.4, -0.2) is 146 Å². The van der Waals surface area contributed by atoms with Crippen molar-refractivity contribution in [3.05, 3.63) is 154 Å². The van der Waals surface area contributed by atoms with Crippen LogP contribution in [0.5, 0.6) is 23.0 Å². The predicted octanol–water partition coefficient (Wildman–Crippen LogP) is 8.46. The molecule has 86 heavy (non-hydrogen) atoms. The number of rotatable bonds is 15. The average Bonchev–Trinajstić information content (AvgIpc) is 2.91. The summed E-state index contributed by atoms with van der Waals surface area (Å²) in [7, 11) is 3.80. The van der Waals surface area contributed by atoms with Crippen molar-refractivity contribution in [1.82, 2.24) is 34.7 Å². The molecule has 4 aliphatic rings. The summed E-state index contributed by atoms with van der Waals surface area (Å²) in [5.41, 5.74) is 14.9. The zero-order chi connectivity index (χ0) is 60.1. The third-order valence-corrected chi connectivity index (χ3v) is 15.8. The first-order valence-electron chi connectivity index (χ1n) is 28.4. The maximum Gasteiger partial charge on any atom is 0.377 e. The molecular weight excluding hydrogens is 1110 g/mol. The van der Waals surface area contributed by atoms with Crippen LogP contribution in [0.4, 0.5) is 8.78 Å². The van der Waals surface area contributed by atoms with Crippen molar-refractivity contribution in [1.29, 1.82) is 0 Å². The van der Waals surface area contributed by atoms with Crippen LogP contribution in [0.2, 0.25) is 0 Å². The molecular formula is C65H72F2N8O11. The van der Waals surface area contributed by atoms with Crippen LogP contribution < -0.4 is 30.0 Å². The molecule has 2 fully saturated rings. The number of aliphatic hydroxyl groups is 2. The Hall–Kier alpha value is -8.60. The third kappa shape index (κ3) is 13.9. The van der Waals surface area contributed by atoms with Gasteiger partial charge in [-0.1, -0.05) is 80.2 Å². The van der Waals surface area contributed by atoms with E-state index in [9.17, 15) is 38.2 Å². The number of nitrogens with zero attached hydrogens (tertiary/aromatic N) is 6. The number of likely N-dealkylation sites (tertiary alicyclic amines) is 2. The van der Waals surface area contributed by atoms with Gasteiger partial charge < -0.3 is 55.1 Å². The quantitative estimate of drug-likeness (QED) is 0.0477. The molecule has 0 aliphatic carbocycles. The summed E-state index contributed by atoms with van der Waals surface area (Å²) in [6, 6.07) is 29.8. The van der Waals surface area contributed by atoms with Gasteiger partial charge >= 0.3 is 5.97 Å². The number of hydrogen-bond acceptors (Lipinski definition) is 15. The van der Waals surface area contributed by atoms with Gasteiger partial charge in [0.15, 0.2) is 34.6 Å². The monoisotopic (exact) mass is 1180 g/mol. The highest BCUT2D eigenvalue weighted by atomic mass is 19.1. The van der Waals surface area contributed by atoms with Crippen molar-refractivity contribution in [2.75, 3.05) is 65.7 Å². The minimum absolute atomic E-state index is 0. The number of benzene rings is 6. The molecule has 12 rings (SSSR count). The summed E-state index contributed by atoms with van der Waals surface area (Å²) in [4.78, 5) is 52.8. The fourth-order valence-electron chi connectivity index (χ4n) is 11.3. The van der Waals surface area contributed by atoms with E-state index in [0.29, 0.717) is 37.6 Å². The summed E-state index contributed by atoms with van der Waals surface area (Å²) in [6.45, 7) is 9.72. The molecule has 21 heteroatoms. The molecule has 4 aliphatic heterocycles. The van der Waals surface area contributed by atoms with E-state index < -0.39 is 59.4 Å². The number of hydrogen-bond donors (Lipinski definition) is 5. The number of carbonyl (C=O) groups is 4. The molecule has 8 aromatic rings. The second kappa shape index (κ2) is 27.2. The lowest BCUT2D eigenvalue weighted by atomic mass is 9.99. The van der Waals surface area contributed by atoms with Crippen molar-refractivity contribution in [3.63, 3.8) is 0 Å². The molecule has 0 bridgehead atoms. The molecule has 4 atom stereocenters. The molecule has 0 saturated carbocycles. The van der Waals surface area contributed by atoms with Crippen LogP contribution in [-0.2, 0) is 23.7 Å². The van der Waals surface area contributed by atoms with E-state index >= 15 is 0 Å². The maximum atomic E-state index is 14.8. The number of nitrogens with one attached hydrogen (secondary N) is 1. The number of carboxylic acids is 1. The van der Waals surface area contributed by atoms with E-state index in [1.165, 1.54) is 43.2 Å². The number of nitrogens with two attached hydrogens (primary N) is 1. The number of amides is 1. The van der Waals surface area contributed by atoms with Crippen LogP contribution in [0.25, 0.3) is 44.1 Å². The van der Waals surface area contributed by atoms with E-state index in [2.05, 4.69) is 25.3 Å². The SMILES string of the molecule is C.Cc1nn(C)c2cc(-c3ccc(C(=O)C(=O)N[C@H](CN4CCCC4)[C@H](O)c4cc(F)c5c(c4)OCCO5)cc3)ccc12.Cc1nn(C)c2cc(-c3ccc(C(=O)C(=O)O)cc3)ccc12.N[C@H](CN1CCCC1)[C@H](O)c1cc(F)c2c(c1)OCCO2. The molecule has 0 radical (unpaired) electrons. The summed E-state index contributed by atoms with van der Waals surface area (Å²) >= 11 is 0. The lowest BCUT2D eigenvalue weighted by molar-refractivity contribution is -0.131.